The van der Waals surface area contributed by atoms with E-state index in [-0.39, 0.29) is 22.4 Å². The minimum atomic E-state index is -1.18. The van der Waals surface area contributed by atoms with E-state index in [1.54, 1.807) is 35.3 Å². The normalized spacial score (nSPS) is 13.2. The Hall–Kier alpha value is 1.97. The number of aliphatic hydroxyl groups excluding tert-OH is 2. The van der Waals surface area contributed by atoms with Gasteiger partial charge in [-0.25, -0.2) is 9.98 Å². The highest BCUT2D eigenvalue weighted by atomic mass is 32.3. The van der Waals surface area contributed by atoms with Crippen LogP contribution in [0.2, 0.25) is 0 Å². The molecule has 0 aromatic carbocycles. The van der Waals surface area contributed by atoms with Crippen LogP contribution in [-0.4, -0.2) is 132 Å². The molecule has 0 saturated carbocycles. The highest BCUT2D eigenvalue weighted by Gasteiger charge is 2.06. The molecule has 4 N–H and O–H groups in total. The molecule has 0 aliphatic carbocycles. The van der Waals surface area contributed by atoms with Crippen LogP contribution in [0.4, 0.5) is 9.59 Å². The molecule has 2 unspecified atom stereocenters. The summed E-state index contributed by atoms with van der Waals surface area (Å²) in [5, 5.41) is 26.4. The van der Waals surface area contributed by atoms with Gasteiger partial charge in [0.15, 0.2) is 10.2 Å². The minimum Gasteiger partial charge on any atom is -0.610 e. The van der Waals surface area contributed by atoms with Crippen molar-refractivity contribution in [3.8, 4) is 0 Å². The fourth-order valence-electron chi connectivity index (χ4n) is 1.97. The van der Waals surface area contributed by atoms with Crippen LogP contribution in [0.3, 0.4) is 0 Å². The maximum Gasteiger partial charge on any atom is 0.279 e. The van der Waals surface area contributed by atoms with Crippen LogP contribution in [0.1, 0.15) is 0 Å². The van der Waals surface area contributed by atoms with Crippen molar-refractivity contribution in [2.24, 2.45) is 9.98 Å². The average molecular weight is 783 g/mol. The van der Waals surface area contributed by atoms with Crippen LogP contribution in [0, 0.1) is 0 Å². The second-order valence-electron chi connectivity index (χ2n) is 6.71. The standard InChI is InChI=1S/C20H38N4O6S11/c25-11-33-13-35-15-38-19(27)23-3-7-31-6-2-22-10-41(30)18-37-16-39-20(28)24-4-8-32-5-1-21-9-40(29)17-36-14-34-12-26/h9-10,25-26H,1-8,11-18H2,(H,23,27)(H,24,28)/b21-9+,22-10+. The van der Waals surface area contributed by atoms with Gasteiger partial charge in [-0.15, -0.1) is 35.3 Å². The number of aliphatic imine (C=N–C) groups is 2. The summed E-state index contributed by atoms with van der Waals surface area (Å²) >= 11 is 10.8. The number of nitrogens with one attached hydrogen (secondary N) is 2. The van der Waals surface area contributed by atoms with Gasteiger partial charge in [0.25, 0.3) is 10.5 Å². The lowest BCUT2D eigenvalue weighted by Gasteiger charge is -2.06. The lowest BCUT2D eigenvalue weighted by atomic mass is 10.8. The summed E-state index contributed by atoms with van der Waals surface area (Å²) in [6.45, 7) is 2.30. The van der Waals surface area contributed by atoms with Gasteiger partial charge >= 0.3 is 0 Å². The molecule has 0 aliphatic rings. The highest BCUT2D eigenvalue weighted by Crippen LogP contribution is 2.17. The molecule has 0 fully saturated rings. The number of amides is 2. The Kier molecular flexibility index (Phi) is 36.5. The van der Waals surface area contributed by atoms with E-state index in [1.807, 2.05) is 0 Å². The molecule has 0 aromatic rings. The molecule has 0 bridgehead atoms. The molecular weight excluding hydrogens is 745 g/mol. The minimum absolute atomic E-state index is 0.0432. The summed E-state index contributed by atoms with van der Waals surface area (Å²) in [4.78, 5) is 31.9. The van der Waals surface area contributed by atoms with Crippen LogP contribution in [0.15, 0.2) is 9.98 Å². The van der Waals surface area contributed by atoms with Crippen LogP contribution in [-0.2, 0) is 22.4 Å². The second kappa shape index (κ2) is 34.8. The van der Waals surface area contributed by atoms with Gasteiger partial charge in [-0.05, 0) is 0 Å². The van der Waals surface area contributed by atoms with Gasteiger partial charge in [0, 0.05) is 73.7 Å². The predicted molar refractivity (Wildman–Crippen MR) is 201 cm³/mol. The smallest absolute Gasteiger partial charge is 0.279 e. The van der Waals surface area contributed by atoms with E-state index in [1.165, 1.54) is 69.9 Å². The van der Waals surface area contributed by atoms with E-state index in [2.05, 4.69) is 20.6 Å². The number of thioether (sulfide) groups is 9. The Bertz CT molecular complexity index is 692. The van der Waals surface area contributed by atoms with E-state index < -0.39 is 22.4 Å². The van der Waals surface area contributed by atoms with E-state index in [9.17, 15) is 18.7 Å². The van der Waals surface area contributed by atoms with Gasteiger partial charge in [-0.1, -0.05) is 47.0 Å². The largest absolute Gasteiger partial charge is 0.610 e. The van der Waals surface area contributed by atoms with Crippen LogP contribution in [0.25, 0.3) is 0 Å². The van der Waals surface area contributed by atoms with Gasteiger partial charge in [0.2, 0.25) is 11.1 Å². The van der Waals surface area contributed by atoms with Gasteiger partial charge in [-0.2, -0.15) is 23.5 Å². The fraction of sp³-hybridized carbons (Fsp3) is 0.800. The summed E-state index contributed by atoms with van der Waals surface area (Å²) in [7, 11) is 0. The van der Waals surface area contributed by atoms with Crippen LogP contribution in [0.5, 0.6) is 0 Å². The zero-order valence-corrected chi connectivity index (χ0v) is 31.4. The third kappa shape index (κ3) is 34.7. The maximum absolute atomic E-state index is 12.0. The third-order valence-corrected chi connectivity index (χ3v) is 15.6. The zero-order chi connectivity index (χ0) is 30.2. The van der Waals surface area contributed by atoms with Crippen molar-refractivity contribution in [3.05, 3.63) is 0 Å². The first-order chi connectivity index (χ1) is 20.0. The molecular formula is C20H38N4O6S11. The molecule has 240 valence electrons. The lowest BCUT2D eigenvalue weighted by Crippen LogP contribution is -2.21. The number of carbonyl (C=O) groups is 2. The summed E-state index contributed by atoms with van der Waals surface area (Å²) in [6.07, 6.45) is 0. The van der Waals surface area contributed by atoms with E-state index in [0.717, 1.165) is 39.9 Å². The topological polar surface area (TPSA) is 169 Å². The van der Waals surface area contributed by atoms with Crippen molar-refractivity contribution in [2.75, 3.05) is 91.6 Å². The van der Waals surface area contributed by atoms with Crippen molar-refractivity contribution < 1.29 is 28.9 Å². The molecule has 41 heavy (non-hydrogen) atoms. The van der Waals surface area contributed by atoms with Crippen molar-refractivity contribution in [3.63, 3.8) is 0 Å². The monoisotopic (exact) mass is 782 g/mol. The number of rotatable bonds is 28. The third-order valence-electron chi connectivity index (χ3n) is 3.61. The quantitative estimate of drug-likeness (QED) is 0.0293. The predicted octanol–water partition coefficient (Wildman–Crippen LogP) is 4.20. The molecule has 0 spiro atoms. The molecule has 21 heteroatoms. The molecule has 0 rings (SSSR count). The average Bonchev–Trinajstić information content (AvgIpc) is 2.96. The number of carbonyl (C=O) groups excluding carboxylic acids is 2. The van der Waals surface area contributed by atoms with Crippen molar-refractivity contribution in [1.29, 1.82) is 0 Å². The molecule has 0 radical (unpaired) electrons. The zero-order valence-electron chi connectivity index (χ0n) is 22.4. The van der Waals surface area contributed by atoms with Gasteiger partial charge in [0.05, 0.1) is 30.1 Å². The Balaban J connectivity index is 3.50. The molecule has 2 atom stereocenters. The number of aliphatic hydroxyl groups is 2. The van der Waals surface area contributed by atoms with Crippen LogP contribution < -0.4 is 10.6 Å². The van der Waals surface area contributed by atoms with E-state index >= 15 is 0 Å². The number of hydrogen-bond donors (Lipinski definition) is 4. The summed E-state index contributed by atoms with van der Waals surface area (Å²) in [6, 6.07) is 0. The van der Waals surface area contributed by atoms with E-state index in [0.29, 0.717) is 51.6 Å². The van der Waals surface area contributed by atoms with Crippen molar-refractivity contribution in [2.45, 2.75) is 0 Å². The molecule has 0 aliphatic heterocycles. The van der Waals surface area contributed by atoms with Gasteiger partial charge < -0.3 is 30.0 Å². The highest BCUT2D eigenvalue weighted by molar-refractivity contribution is 8.28. The maximum atomic E-state index is 12.0. The first-order valence-corrected chi connectivity index (χ1v) is 24.6. The summed E-state index contributed by atoms with van der Waals surface area (Å²) < 4.78 is 23.7. The van der Waals surface area contributed by atoms with Crippen molar-refractivity contribution >= 4 is 150 Å². The number of hydrogen-bond acceptors (Lipinski definition) is 17. The first kappa shape index (κ1) is 43.0. The first-order valence-electron chi connectivity index (χ1n) is 11.8. The Morgan fingerprint density at radius 3 is 1.56 bits per heavy atom. The second-order valence-corrected chi connectivity index (χ2v) is 20.6. The Morgan fingerprint density at radius 1 is 0.634 bits per heavy atom. The van der Waals surface area contributed by atoms with Gasteiger partial charge in [-0.3, -0.25) is 9.59 Å². The molecule has 0 saturated heterocycles. The van der Waals surface area contributed by atoms with Crippen molar-refractivity contribution in [1.82, 2.24) is 10.6 Å². The Morgan fingerprint density at radius 2 is 1.07 bits per heavy atom. The van der Waals surface area contributed by atoms with E-state index in [4.69, 9.17) is 10.2 Å². The number of nitrogens with zero attached hydrogens (tertiary/aromatic N) is 2. The Labute approximate surface area is 288 Å². The SMILES string of the molecule is O=C(NCCSCC/N=C/[S+]([O-])CSCSC(=O)NCCSCC/N=C/[S+]([O-])CSCSCO)SCSCSCO. The summed E-state index contributed by atoms with van der Waals surface area (Å²) in [5.41, 5.74) is 2.93. The summed E-state index contributed by atoms with van der Waals surface area (Å²) in [5.74, 6) is 3.30. The molecule has 10 nitrogen and oxygen atoms in total. The molecule has 2 amide bonds. The fourth-order valence-corrected chi connectivity index (χ4v) is 11.8. The molecule has 0 heterocycles. The molecule has 0 aromatic heterocycles. The lowest BCUT2D eigenvalue weighted by molar-refractivity contribution is 0.260. The van der Waals surface area contributed by atoms with Crippen LogP contribution >= 0.6 is 106 Å². The van der Waals surface area contributed by atoms with Gasteiger partial charge in [0.1, 0.15) is 0 Å².